The number of rotatable bonds is 8. The highest BCUT2D eigenvalue weighted by molar-refractivity contribution is 6.10. The minimum atomic E-state index is 0.883. The van der Waals surface area contributed by atoms with Crippen molar-refractivity contribution >= 4 is 56.1 Å². The van der Waals surface area contributed by atoms with E-state index in [1.54, 1.807) is 0 Å². The fourth-order valence-electron chi connectivity index (χ4n) is 7.00. The van der Waals surface area contributed by atoms with Gasteiger partial charge in [-0.25, -0.2) is 0 Å². The lowest BCUT2D eigenvalue weighted by molar-refractivity contribution is 0.670. The second-order valence-corrected chi connectivity index (χ2v) is 12.6. The Bertz CT molecular complexity index is 2470. The van der Waals surface area contributed by atoms with Gasteiger partial charge in [0.05, 0.1) is 0 Å². The first-order valence-electron chi connectivity index (χ1n) is 17.3. The van der Waals surface area contributed by atoms with Gasteiger partial charge in [-0.15, -0.1) is 0 Å². The van der Waals surface area contributed by atoms with E-state index in [4.69, 9.17) is 4.42 Å². The summed E-state index contributed by atoms with van der Waals surface area (Å²) in [7, 11) is 0. The van der Waals surface area contributed by atoms with Crippen LogP contribution in [0, 0.1) is 0 Å². The lowest BCUT2D eigenvalue weighted by Crippen LogP contribution is -2.09. The van der Waals surface area contributed by atoms with E-state index in [0.29, 0.717) is 0 Å². The summed E-state index contributed by atoms with van der Waals surface area (Å²) in [4.78, 5) is 4.56. The van der Waals surface area contributed by atoms with Gasteiger partial charge in [0.25, 0.3) is 0 Å². The number of hydrogen-bond donors (Lipinski definition) is 0. The number of fused-ring (bicyclic) bond motifs is 3. The van der Waals surface area contributed by atoms with Crippen LogP contribution in [0.25, 0.3) is 44.2 Å². The molecule has 9 rings (SSSR count). The highest BCUT2D eigenvalue weighted by atomic mass is 16.3. The summed E-state index contributed by atoms with van der Waals surface area (Å²) in [6.07, 6.45) is 0. The summed E-state index contributed by atoms with van der Waals surface area (Å²) in [5.74, 6) is 0. The van der Waals surface area contributed by atoms with Crippen LogP contribution in [0.4, 0.5) is 34.1 Å². The van der Waals surface area contributed by atoms with Crippen LogP contribution in [0.2, 0.25) is 0 Å². The minimum absolute atomic E-state index is 0.883. The van der Waals surface area contributed by atoms with Gasteiger partial charge in [0.15, 0.2) is 0 Å². The number of hydrogen-bond acceptors (Lipinski definition) is 3. The second-order valence-electron chi connectivity index (χ2n) is 12.6. The Morgan fingerprint density at radius 3 is 1.18 bits per heavy atom. The summed E-state index contributed by atoms with van der Waals surface area (Å²) >= 11 is 0. The van der Waals surface area contributed by atoms with Crippen molar-refractivity contribution in [1.82, 2.24) is 0 Å². The summed E-state index contributed by atoms with van der Waals surface area (Å²) in [6.45, 7) is 0. The van der Waals surface area contributed by atoms with Crippen molar-refractivity contribution < 1.29 is 4.42 Å². The normalized spacial score (nSPS) is 11.1. The third kappa shape index (κ3) is 5.81. The zero-order valence-corrected chi connectivity index (χ0v) is 27.9. The second kappa shape index (κ2) is 13.2. The van der Waals surface area contributed by atoms with Crippen molar-refractivity contribution in [2.24, 2.45) is 0 Å². The van der Waals surface area contributed by atoms with E-state index in [2.05, 4.69) is 216 Å². The molecule has 0 aliphatic heterocycles. The molecule has 0 fully saturated rings. The molecule has 3 heteroatoms. The zero-order valence-electron chi connectivity index (χ0n) is 27.9. The van der Waals surface area contributed by atoms with Gasteiger partial charge in [-0.05, 0) is 102 Å². The van der Waals surface area contributed by atoms with Crippen molar-refractivity contribution in [2.75, 3.05) is 9.80 Å². The van der Waals surface area contributed by atoms with Gasteiger partial charge in [0, 0.05) is 50.5 Å². The zero-order chi connectivity index (χ0) is 34.0. The molecule has 0 amide bonds. The monoisotopic (exact) mass is 654 g/mol. The molecule has 0 spiro atoms. The Labute approximate surface area is 297 Å². The number of nitrogens with zero attached hydrogens (tertiary/aromatic N) is 2. The smallest absolute Gasteiger partial charge is 0.143 e. The van der Waals surface area contributed by atoms with Gasteiger partial charge in [0.1, 0.15) is 11.2 Å². The first-order valence-corrected chi connectivity index (χ1v) is 17.3. The first kappa shape index (κ1) is 30.2. The fraction of sp³-hybridized carbons (Fsp3) is 0. The Morgan fingerprint density at radius 2 is 0.706 bits per heavy atom. The highest BCUT2D eigenvalue weighted by Gasteiger charge is 2.16. The molecule has 0 aliphatic rings. The molecule has 0 N–H and O–H groups in total. The third-order valence-electron chi connectivity index (χ3n) is 9.45. The van der Waals surface area contributed by atoms with Crippen molar-refractivity contribution in [3.8, 4) is 22.3 Å². The molecule has 242 valence electrons. The largest absolute Gasteiger partial charge is 0.455 e. The van der Waals surface area contributed by atoms with E-state index >= 15 is 0 Å². The van der Waals surface area contributed by atoms with E-state index in [0.717, 1.165) is 78.3 Å². The molecule has 0 radical (unpaired) electrons. The number of furan rings is 1. The molecule has 0 aliphatic carbocycles. The van der Waals surface area contributed by atoms with Gasteiger partial charge >= 0.3 is 0 Å². The SMILES string of the molecule is c1ccc(N(c2ccccc2)c2ccc(-c3ccc4oc5c(-c6ccc(N(c7ccccc7)c7ccccc7)cc6)cccc5c4c3)cc2)cc1. The highest BCUT2D eigenvalue weighted by Crippen LogP contribution is 2.41. The van der Waals surface area contributed by atoms with Crippen LogP contribution in [0.15, 0.2) is 211 Å². The summed E-state index contributed by atoms with van der Waals surface area (Å²) < 4.78 is 6.58. The maximum Gasteiger partial charge on any atom is 0.143 e. The van der Waals surface area contributed by atoms with E-state index in [1.807, 2.05) is 0 Å². The topological polar surface area (TPSA) is 19.6 Å². The Balaban J connectivity index is 1.05. The van der Waals surface area contributed by atoms with Gasteiger partial charge in [-0.2, -0.15) is 0 Å². The van der Waals surface area contributed by atoms with Crippen LogP contribution >= 0.6 is 0 Å². The predicted octanol–water partition coefficient (Wildman–Crippen LogP) is 13.9. The van der Waals surface area contributed by atoms with Gasteiger partial charge < -0.3 is 14.2 Å². The fourth-order valence-corrected chi connectivity index (χ4v) is 7.00. The molecule has 9 aromatic rings. The number of benzene rings is 8. The maximum absolute atomic E-state index is 6.58. The van der Waals surface area contributed by atoms with Gasteiger partial charge in [0.2, 0.25) is 0 Å². The standard InChI is InChI=1S/C48H34N2O/c1-5-14-38(15-6-1)49(39-16-7-2-8-17-39)42-29-24-35(25-30-42)37-28-33-47-46(34-37)45-23-13-22-44(48(45)51-47)36-26-31-43(32-27-36)50(40-18-9-3-10-19-40)41-20-11-4-12-21-41/h1-34H. The van der Waals surface area contributed by atoms with Crippen LogP contribution in [-0.2, 0) is 0 Å². The van der Waals surface area contributed by atoms with E-state index in [9.17, 15) is 0 Å². The molecular formula is C48H34N2O. The molecule has 0 unspecified atom stereocenters. The Hall–Kier alpha value is -6.84. The van der Waals surface area contributed by atoms with Crippen molar-refractivity contribution in [3.05, 3.63) is 206 Å². The third-order valence-corrected chi connectivity index (χ3v) is 9.45. The van der Waals surface area contributed by atoms with E-state index in [-0.39, 0.29) is 0 Å². The molecule has 0 atom stereocenters. The van der Waals surface area contributed by atoms with Crippen molar-refractivity contribution in [1.29, 1.82) is 0 Å². The van der Waals surface area contributed by atoms with Crippen molar-refractivity contribution in [2.45, 2.75) is 0 Å². The average Bonchev–Trinajstić information content (AvgIpc) is 3.59. The number of para-hydroxylation sites is 5. The van der Waals surface area contributed by atoms with Crippen LogP contribution in [0.1, 0.15) is 0 Å². The molecule has 8 aromatic carbocycles. The Morgan fingerprint density at radius 1 is 0.294 bits per heavy atom. The molecule has 0 saturated heterocycles. The van der Waals surface area contributed by atoms with Crippen LogP contribution in [0.3, 0.4) is 0 Å². The summed E-state index contributed by atoms with van der Waals surface area (Å²) in [6, 6.07) is 72.5. The first-order chi connectivity index (χ1) is 25.3. The van der Waals surface area contributed by atoms with E-state index < -0.39 is 0 Å². The molecule has 1 aromatic heterocycles. The molecule has 51 heavy (non-hydrogen) atoms. The lowest BCUT2D eigenvalue weighted by atomic mass is 9.99. The van der Waals surface area contributed by atoms with Crippen LogP contribution in [0.5, 0.6) is 0 Å². The summed E-state index contributed by atoms with van der Waals surface area (Å²) in [5.41, 5.74) is 13.0. The van der Waals surface area contributed by atoms with E-state index in [1.165, 1.54) is 0 Å². The van der Waals surface area contributed by atoms with Crippen molar-refractivity contribution in [3.63, 3.8) is 0 Å². The van der Waals surface area contributed by atoms with Crippen LogP contribution < -0.4 is 9.80 Å². The molecule has 1 heterocycles. The molecular weight excluding hydrogens is 621 g/mol. The molecule has 0 bridgehead atoms. The molecule has 3 nitrogen and oxygen atoms in total. The average molecular weight is 655 g/mol. The minimum Gasteiger partial charge on any atom is -0.455 e. The quantitative estimate of drug-likeness (QED) is 0.163. The number of anilines is 6. The molecule has 0 saturated carbocycles. The maximum atomic E-state index is 6.58. The lowest BCUT2D eigenvalue weighted by Gasteiger charge is -2.25. The predicted molar refractivity (Wildman–Crippen MR) is 214 cm³/mol. The van der Waals surface area contributed by atoms with Gasteiger partial charge in [-0.3, -0.25) is 0 Å². The van der Waals surface area contributed by atoms with Gasteiger partial charge in [-0.1, -0.05) is 121 Å². The summed E-state index contributed by atoms with van der Waals surface area (Å²) in [5, 5.41) is 2.22. The Kier molecular flexibility index (Phi) is 7.84. The van der Waals surface area contributed by atoms with Crippen LogP contribution in [-0.4, -0.2) is 0 Å².